The van der Waals surface area contributed by atoms with Crippen molar-refractivity contribution in [3.05, 3.63) is 0 Å². The Bertz CT molecular complexity index is 332. The van der Waals surface area contributed by atoms with E-state index in [4.69, 9.17) is 0 Å². The quantitative estimate of drug-likeness (QED) is 0.514. The van der Waals surface area contributed by atoms with Gasteiger partial charge in [0.15, 0.2) is 0 Å². The highest BCUT2D eigenvalue weighted by Crippen LogP contribution is 2.53. The fraction of sp³-hybridized carbons (Fsp3) is 1.00. The molecule has 1 spiro atoms. The summed E-state index contributed by atoms with van der Waals surface area (Å²) in [5, 5.41) is 0. The van der Waals surface area contributed by atoms with Gasteiger partial charge >= 0.3 is 0 Å². The van der Waals surface area contributed by atoms with Crippen LogP contribution in [0.2, 0.25) is 0 Å². The summed E-state index contributed by atoms with van der Waals surface area (Å²) in [4.78, 5) is 5.35. The van der Waals surface area contributed by atoms with Crippen LogP contribution < -0.4 is 0 Å². The van der Waals surface area contributed by atoms with Crippen molar-refractivity contribution in [2.75, 3.05) is 39.3 Å². The van der Waals surface area contributed by atoms with Gasteiger partial charge < -0.3 is 9.80 Å². The van der Waals surface area contributed by atoms with Crippen LogP contribution in [0.25, 0.3) is 0 Å². The first-order valence-corrected chi connectivity index (χ1v) is 11.1. The molecular weight excluding hydrogens is 292 g/mol. The van der Waals surface area contributed by atoms with Gasteiger partial charge in [-0.05, 0) is 94.9 Å². The molecule has 1 aliphatic carbocycles. The van der Waals surface area contributed by atoms with Gasteiger partial charge in [0, 0.05) is 6.54 Å². The first-order chi connectivity index (χ1) is 11.6. The lowest BCUT2D eigenvalue weighted by Gasteiger charge is -2.45. The third-order valence-electron chi connectivity index (χ3n) is 7.29. The van der Waals surface area contributed by atoms with Crippen molar-refractivity contribution in [1.29, 1.82) is 0 Å². The Labute approximate surface area is 152 Å². The van der Waals surface area contributed by atoms with E-state index >= 15 is 0 Å². The average molecular weight is 337 g/mol. The summed E-state index contributed by atoms with van der Waals surface area (Å²) in [6.07, 6.45) is 14.6. The van der Waals surface area contributed by atoms with Crippen LogP contribution in [0.3, 0.4) is 0 Å². The normalized spacial score (nSPS) is 23.4. The van der Waals surface area contributed by atoms with Crippen LogP contribution in [0.5, 0.6) is 0 Å². The molecule has 0 unspecified atom stereocenters. The van der Waals surface area contributed by atoms with Gasteiger partial charge in [-0.25, -0.2) is 0 Å². The van der Waals surface area contributed by atoms with Crippen molar-refractivity contribution in [3.8, 4) is 0 Å². The number of hydrogen-bond acceptors (Lipinski definition) is 2. The van der Waals surface area contributed by atoms with E-state index in [0.29, 0.717) is 10.8 Å². The highest BCUT2D eigenvalue weighted by atomic mass is 15.2. The molecule has 0 atom stereocenters. The van der Waals surface area contributed by atoms with Crippen LogP contribution >= 0.6 is 0 Å². The number of likely N-dealkylation sites (tertiary alicyclic amines) is 1. The lowest BCUT2D eigenvalue weighted by Crippen LogP contribution is -2.37. The van der Waals surface area contributed by atoms with E-state index in [0.717, 1.165) is 0 Å². The summed E-state index contributed by atoms with van der Waals surface area (Å²) < 4.78 is 0. The Morgan fingerprint density at radius 1 is 0.833 bits per heavy atom. The molecule has 2 aliphatic rings. The van der Waals surface area contributed by atoms with Gasteiger partial charge in [0.1, 0.15) is 0 Å². The van der Waals surface area contributed by atoms with Gasteiger partial charge in [0.25, 0.3) is 0 Å². The molecule has 2 nitrogen and oxygen atoms in total. The number of nitrogens with zero attached hydrogens (tertiary/aromatic N) is 2. The first-order valence-electron chi connectivity index (χ1n) is 11.1. The van der Waals surface area contributed by atoms with Crippen molar-refractivity contribution in [1.82, 2.24) is 9.80 Å². The molecule has 1 aliphatic heterocycles. The van der Waals surface area contributed by atoms with Crippen LogP contribution in [0.4, 0.5) is 0 Å². The minimum atomic E-state index is 0.695. The molecule has 0 amide bonds. The van der Waals surface area contributed by atoms with Gasteiger partial charge in [-0.15, -0.1) is 0 Å². The Hall–Kier alpha value is -0.0800. The fourth-order valence-corrected chi connectivity index (χ4v) is 5.68. The smallest absolute Gasteiger partial charge is 0.00385 e. The topological polar surface area (TPSA) is 6.48 Å². The van der Waals surface area contributed by atoms with Crippen molar-refractivity contribution in [2.45, 2.75) is 91.9 Å². The Balaban J connectivity index is 1.76. The minimum absolute atomic E-state index is 0.695. The molecule has 142 valence electrons. The van der Waals surface area contributed by atoms with Crippen LogP contribution in [-0.4, -0.2) is 49.1 Å². The average Bonchev–Trinajstić information content (AvgIpc) is 2.99. The zero-order valence-electron chi connectivity index (χ0n) is 17.2. The van der Waals surface area contributed by atoms with Crippen LogP contribution in [0, 0.1) is 10.8 Å². The molecule has 1 saturated heterocycles. The summed E-state index contributed by atoms with van der Waals surface area (Å²) in [7, 11) is 0. The van der Waals surface area contributed by atoms with Crippen molar-refractivity contribution in [2.24, 2.45) is 10.8 Å². The summed E-state index contributed by atoms with van der Waals surface area (Å²) in [5.41, 5.74) is 1.41. The maximum atomic E-state index is 2.79. The zero-order chi connectivity index (χ0) is 17.5. The second-order valence-electron chi connectivity index (χ2n) is 8.91. The predicted molar refractivity (Wildman–Crippen MR) is 107 cm³/mol. The van der Waals surface area contributed by atoms with Gasteiger partial charge in [-0.2, -0.15) is 0 Å². The summed E-state index contributed by atoms with van der Waals surface area (Å²) in [6.45, 7) is 17.1. The second kappa shape index (κ2) is 9.57. The fourth-order valence-electron chi connectivity index (χ4n) is 5.68. The van der Waals surface area contributed by atoms with E-state index in [9.17, 15) is 0 Å². The number of hydrogen-bond donors (Lipinski definition) is 0. The van der Waals surface area contributed by atoms with Gasteiger partial charge in [0.05, 0.1) is 0 Å². The van der Waals surface area contributed by atoms with E-state index in [2.05, 4.69) is 37.5 Å². The van der Waals surface area contributed by atoms with Gasteiger partial charge in [-0.3, -0.25) is 0 Å². The van der Waals surface area contributed by atoms with E-state index in [1.807, 2.05) is 0 Å². The van der Waals surface area contributed by atoms with Gasteiger partial charge in [0.2, 0.25) is 0 Å². The standard InChI is InChI=1S/C22H44N2/c1-5-10-21(11-6-2)12-14-22(15-13-21)16-19-24(20-22)18-9-17-23(7-3)8-4/h5-20H2,1-4H3. The molecule has 1 saturated carbocycles. The predicted octanol–water partition coefficient (Wildman–Crippen LogP) is 5.57. The monoisotopic (exact) mass is 336 g/mol. The van der Waals surface area contributed by atoms with E-state index in [1.54, 1.807) is 0 Å². The SMILES string of the molecule is CCCC1(CCC)CCC2(CCN(CCCN(CC)CC)C2)CC1. The molecule has 2 heteroatoms. The molecule has 2 rings (SSSR count). The zero-order valence-corrected chi connectivity index (χ0v) is 17.2. The summed E-state index contributed by atoms with van der Waals surface area (Å²) in [5.74, 6) is 0. The highest BCUT2D eigenvalue weighted by molar-refractivity contribution is 4.97. The Kier molecular flexibility index (Phi) is 8.07. The third kappa shape index (κ3) is 5.21. The van der Waals surface area contributed by atoms with Crippen molar-refractivity contribution >= 4 is 0 Å². The Morgan fingerprint density at radius 3 is 2.00 bits per heavy atom. The Morgan fingerprint density at radius 2 is 1.46 bits per heavy atom. The molecule has 24 heavy (non-hydrogen) atoms. The summed E-state index contributed by atoms with van der Waals surface area (Å²) in [6, 6.07) is 0. The van der Waals surface area contributed by atoms with Gasteiger partial charge in [-0.1, -0.05) is 40.5 Å². The molecule has 2 fully saturated rings. The molecule has 0 aromatic heterocycles. The molecule has 0 N–H and O–H groups in total. The van der Waals surface area contributed by atoms with Crippen LogP contribution in [0.1, 0.15) is 91.9 Å². The van der Waals surface area contributed by atoms with E-state index < -0.39 is 0 Å². The van der Waals surface area contributed by atoms with E-state index in [1.165, 1.54) is 103 Å². The molecule has 1 heterocycles. The summed E-state index contributed by atoms with van der Waals surface area (Å²) >= 11 is 0. The maximum Gasteiger partial charge on any atom is 0.00385 e. The largest absolute Gasteiger partial charge is 0.304 e. The lowest BCUT2D eigenvalue weighted by molar-refractivity contribution is 0.0644. The highest BCUT2D eigenvalue weighted by Gasteiger charge is 2.44. The number of rotatable bonds is 10. The molecule has 0 radical (unpaired) electrons. The van der Waals surface area contributed by atoms with E-state index in [-0.39, 0.29) is 0 Å². The first kappa shape index (κ1) is 20.2. The lowest BCUT2D eigenvalue weighted by atomic mass is 9.60. The van der Waals surface area contributed by atoms with Crippen LogP contribution in [0.15, 0.2) is 0 Å². The minimum Gasteiger partial charge on any atom is -0.304 e. The molecule has 0 aromatic carbocycles. The van der Waals surface area contributed by atoms with Crippen molar-refractivity contribution < 1.29 is 0 Å². The third-order valence-corrected chi connectivity index (χ3v) is 7.29. The van der Waals surface area contributed by atoms with Crippen LogP contribution in [-0.2, 0) is 0 Å². The van der Waals surface area contributed by atoms with Crippen molar-refractivity contribution in [3.63, 3.8) is 0 Å². The molecule has 0 bridgehead atoms. The molecular formula is C22H44N2. The molecule has 0 aromatic rings. The maximum absolute atomic E-state index is 2.79. The second-order valence-corrected chi connectivity index (χ2v) is 8.91.